The van der Waals surface area contributed by atoms with Gasteiger partial charge in [0.05, 0.1) is 13.0 Å². The van der Waals surface area contributed by atoms with Crippen LogP contribution in [0.1, 0.15) is 50.7 Å². The van der Waals surface area contributed by atoms with Crippen molar-refractivity contribution in [3.63, 3.8) is 0 Å². The Morgan fingerprint density at radius 3 is 2.56 bits per heavy atom. The van der Waals surface area contributed by atoms with Crippen LogP contribution in [0.15, 0.2) is 18.2 Å². The van der Waals surface area contributed by atoms with Crippen LogP contribution < -0.4 is 4.74 Å². The average molecular weight is 373 g/mol. The van der Waals surface area contributed by atoms with Crippen LogP contribution in [-0.2, 0) is 22.4 Å². The Bertz CT molecular complexity index is 670. The van der Waals surface area contributed by atoms with E-state index < -0.39 is 0 Å². The summed E-state index contributed by atoms with van der Waals surface area (Å²) in [5, 5.41) is 0. The molecule has 0 aliphatic carbocycles. The van der Waals surface area contributed by atoms with Crippen molar-refractivity contribution in [2.45, 2.75) is 52.4 Å². The number of amides is 2. The van der Waals surface area contributed by atoms with E-state index in [2.05, 4.69) is 19.9 Å². The SMILES string of the molecule is CCC(CC)C(=O)N1CCCN(C(=O)Cc2ccc3c(c2)CCCO3)CC1. The molecular weight excluding hydrogens is 340 g/mol. The molecule has 1 aromatic rings. The van der Waals surface area contributed by atoms with E-state index in [1.807, 2.05) is 21.9 Å². The van der Waals surface area contributed by atoms with Gasteiger partial charge in [-0.1, -0.05) is 26.0 Å². The molecule has 0 N–H and O–H groups in total. The van der Waals surface area contributed by atoms with Gasteiger partial charge < -0.3 is 14.5 Å². The highest BCUT2D eigenvalue weighted by molar-refractivity contribution is 5.80. The Balaban J connectivity index is 1.57. The van der Waals surface area contributed by atoms with E-state index in [4.69, 9.17) is 4.74 Å². The number of rotatable bonds is 5. The number of hydrogen-bond donors (Lipinski definition) is 0. The highest BCUT2D eigenvalue weighted by Gasteiger charge is 2.25. The Kier molecular flexibility index (Phi) is 6.75. The number of carbonyl (C=O) groups is 2. The van der Waals surface area contributed by atoms with E-state index >= 15 is 0 Å². The lowest BCUT2D eigenvalue weighted by Gasteiger charge is -2.25. The molecule has 0 bridgehead atoms. The molecule has 2 heterocycles. The van der Waals surface area contributed by atoms with Gasteiger partial charge in [-0.25, -0.2) is 0 Å². The number of carbonyl (C=O) groups excluding carboxylic acids is 2. The van der Waals surface area contributed by atoms with E-state index in [0.717, 1.165) is 63.1 Å². The molecule has 5 heteroatoms. The van der Waals surface area contributed by atoms with Crippen molar-refractivity contribution < 1.29 is 14.3 Å². The van der Waals surface area contributed by atoms with Gasteiger partial charge in [-0.05, 0) is 49.3 Å². The van der Waals surface area contributed by atoms with E-state index in [-0.39, 0.29) is 17.7 Å². The first-order valence-electron chi connectivity index (χ1n) is 10.4. The lowest BCUT2D eigenvalue weighted by Crippen LogP contribution is -2.40. The molecule has 0 aromatic heterocycles. The summed E-state index contributed by atoms with van der Waals surface area (Å²) >= 11 is 0. The van der Waals surface area contributed by atoms with Gasteiger partial charge in [0.25, 0.3) is 0 Å². The Labute approximate surface area is 162 Å². The molecule has 2 amide bonds. The largest absolute Gasteiger partial charge is 0.493 e. The van der Waals surface area contributed by atoms with Crippen LogP contribution in [0.3, 0.4) is 0 Å². The van der Waals surface area contributed by atoms with E-state index in [1.165, 1.54) is 5.56 Å². The maximum absolute atomic E-state index is 12.8. The van der Waals surface area contributed by atoms with Crippen LogP contribution in [-0.4, -0.2) is 54.4 Å². The minimum atomic E-state index is 0.116. The quantitative estimate of drug-likeness (QED) is 0.798. The summed E-state index contributed by atoms with van der Waals surface area (Å²) in [6.07, 6.45) is 5.11. The van der Waals surface area contributed by atoms with E-state index in [0.29, 0.717) is 19.5 Å². The zero-order chi connectivity index (χ0) is 19.2. The molecule has 0 spiro atoms. The fourth-order valence-corrected chi connectivity index (χ4v) is 4.09. The molecule has 5 nitrogen and oxygen atoms in total. The van der Waals surface area contributed by atoms with Crippen LogP contribution in [0.4, 0.5) is 0 Å². The molecule has 1 aromatic carbocycles. The third kappa shape index (κ3) is 4.82. The van der Waals surface area contributed by atoms with E-state index in [9.17, 15) is 9.59 Å². The maximum atomic E-state index is 12.8. The van der Waals surface area contributed by atoms with Gasteiger partial charge >= 0.3 is 0 Å². The number of nitrogens with zero attached hydrogens (tertiary/aromatic N) is 2. The molecule has 0 unspecified atom stereocenters. The molecule has 0 saturated carbocycles. The highest BCUT2D eigenvalue weighted by Crippen LogP contribution is 2.26. The summed E-state index contributed by atoms with van der Waals surface area (Å²) in [5.41, 5.74) is 2.27. The third-order valence-corrected chi connectivity index (χ3v) is 5.82. The molecule has 1 fully saturated rings. The Hall–Kier alpha value is -2.04. The second-order valence-electron chi connectivity index (χ2n) is 7.64. The van der Waals surface area contributed by atoms with Gasteiger partial charge in [0.1, 0.15) is 5.75 Å². The topological polar surface area (TPSA) is 49.9 Å². The van der Waals surface area contributed by atoms with Gasteiger partial charge in [-0.15, -0.1) is 0 Å². The van der Waals surface area contributed by atoms with Crippen molar-refractivity contribution in [2.75, 3.05) is 32.8 Å². The molecule has 1 saturated heterocycles. The molecule has 2 aliphatic heterocycles. The molecular formula is C22H32N2O3. The second-order valence-corrected chi connectivity index (χ2v) is 7.64. The summed E-state index contributed by atoms with van der Waals surface area (Å²) < 4.78 is 5.66. The normalized spacial score (nSPS) is 17.3. The van der Waals surface area contributed by atoms with Crippen LogP contribution in [0.2, 0.25) is 0 Å². The fraction of sp³-hybridized carbons (Fsp3) is 0.636. The fourth-order valence-electron chi connectivity index (χ4n) is 4.09. The molecule has 0 atom stereocenters. The Morgan fingerprint density at radius 1 is 1.04 bits per heavy atom. The number of benzene rings is 1. The predicted molar refractivity (Wildman–Crippen MR) is 106 cm³/mol. The van der Waals surface area contributed by atoms with Crippen molar-refractivity contribution in [1.82, 2.24) is 9.80 Å². The molecule has 27 heavy (non-hydrogen) atoms. The maximum Gasteiger partial charge on any atom is 0.227 e. The van der Waals surface area contributed by atoms with Gasteiger partial charge in [0, 0.05) is 32.1 Å². The van der Waals surface area contributed by atoms with Crippen LogP contribution in [0.5, 0.6) is 5.75 Å². The zero-order valence-corrected chi connectivity index (χ0v) is 16.7. The third-order valence-electron chi connectivity index (χ3n) is 5.82. The van der Waals surface area contributed by atoms with Crippen LogP contribution in [0.25, 0.3) is 0 Å². The summed E-state index contributed by atoms with van der Waals surface area (Å²) in [6, 6.07) is 6.12. The summed E-state index contributed by atoms with van der Waals surface area (Å²) in [6.45, 7) is 7.71. The monoisotopic (exact) mass is 372 g/mol. The lowest BCUT2D eigenvalue weighted by atomic mass is 10.0. The van der Waals surface area contributed by atoms with Crippen molar-refractivity contribution >= 4 is 11.8 Å². The number of aryl methyl sites for hydroxylation is 1. The lowest BCUT2D eigenvalue weighted by molar-refractivity contribution is -0.136. The van der Waals surface area contributed by atoms with Gasteiger partial charge in [-0.2, -0.15) is 0 Å². The van der Waals surface area contributed by atoms with Crippen molar-refractivity contribution in [2.24, 2.45) is 5.92 Å². The average Bonchev–Trinajstić information content (AvgIpc) is 2.95. The summed E-state index contributed by atoms with van der Waals surface area (Å²) in [7, 11) is 0. The first-order chi connectivity index (χ1) is 13.1. The molecule has 3 rings (SSSR count). The van der Waals surface area contributed by atoms with Crippen LogP contribution >= 0.6 is 0 Å². The summed E-state index contributed by atoms with van der Waals surface area (Å²) in [5.74, 6) is 1.49. The first-order valence-corrected chi connectivity index (χ1v) is 10.4. The van der Waals surface area contributed by atoms with E-state index in [1.54, 1.807) is 0 Å². The van der Waals surface area contributed by atoms with Gasteiger partial charge in [0.15, 0.2) is 0 Å². The highest BCUT2D eigenvalue weighted by atomic mass is 16.5. The first kappa shape index (κ1) is 19.7. The molecule has 0 radical (unpaired) electrons. The van der Waals surface area contributed by atoms with Crippen molar-refractivity contribution in [3.05, 3.63) is 29.3 Å². The van der Waals surface area contributed by atoms with Gasteiger partial charge in [0.2, 0.25) is 11.8 Å². The van der Waals surface area contributed by atoms with Gasteiger partial charge in [-0.3, -0.25) is 9.59 Å². The molecule has 2 aliphatic rings. The minimum Gasteiger partial charge on any atom is -0.493 e. The minimum absolute atomic E-state index is 0.116. The second kappa shape index (κ2) is 9.25. The van der Waals surface area contributed by atoms with Crippen LogP contribution in [0, 0.1) is 5.92 Å². The molecule has 148 valence electrons. The summed E-state index contributed by atoms with van der Waals surface area (Å²) in [4.78, 5) is 29.3. The van der Waals surface area contributed by atoms with Crippen molar-refractivity contribution in [1.29, 1.82) is 0 Å². The number of fused-ring (bicyclic) bond motifs is 1. The van der Waals surface area contributed by atoms with Crippen molar-refractivity contribution in [3.8, 4) is 5.75 Å². The number of hydrogen-bond acceptors (Lipinski definition) is 3. The predicted octanol–water partition coefficient (Wildman–Crippen LogP) is 3.05. The zero-order valence-electron chi connectivity index (χ0n) is 16.7. The number of ether oxygens (including phenoxy) is 1. The smallest absolute Gasteiger partial charge is 0.227 e. The standard InChI is InChI=1S/C22H32N2O3/c1-3-18(4-2)22(26)24-11-6-10-23(12-13-24)21(25)16-17-8-9-20-19(15-17)7-5-14-27-20/h8-9,15,18H,3-7,10-14,16H2,1-2H3. The Morgan fingerprint density at radius 2 is 1.78 bits per heavy atom.